The second kappa shape index (κ2) is 15.4. The number of halogens is 4. The number of nitrogens with zero attached hydrogens (tertiary/aromatic N) is 4. The van der Waals surface area contributed by atoms with Crippen LogP contribution in [0.15, 0.2) is 84.2 Å². The first-order chi connectivity index (χ1) is 18.7. The molecule has 0 unspecified atom stereocenters. The molecule has 0 bridgehead atoms. The topological polar surface area (TPSA) is 58.0 Å². The van der Waals surface area contributed by atoms with Gasteiger partial charge in [0.1, 0.15) is 5.82 Å². The Bertz CT molecular complexity index is 1490. The smallest absolute Gasteiger partial charge is 0.204 e. The quantitative estimate of drug-likeness (QED) is 0.173. The van der Waals surface area contributed by atoms with Crippen LogP contribution in [0.4, 0.5) is 21.2 Å². The number of benzene rings is 3. The van der Waals surface area contributed by atoms with Crippen LogP contribution in [0.3, 0.4) is 0 Å². The third kappa shape index (κ3) is 8.33. The highest BCUT2D eigenvalue weighted by Crippen LogP contribution is 2.25. The van der Waals surface area contributed by atoms with Gasteiger partial charge in [-0.2, -0.15) is 0 Å². The minimum absolute atomic E-state index is 0. The highest BCUT2D eigenvalue weighted by atomic mass is 35.5. The van der Waals surface area contributed by atoms with Crippen molar-refractivity contribution in [1.29, 1.82) is 0 Å². The van der Waals surface area contributed by atoms with E-state index < -0.39 is 0 Å². The van der Waals surface area contributed by atoms with Crippen molar-refractivity contribution in [3.05, 3.63) is 101 Å². The van der Waals surface area contributed by atoms with Crippen LogP contribution in [-0.2, 0) is 13.0 Å². The van der Waals surface area contributed by atoms with Gasteiger partial charge in [-0.25, -0.2) is 14.4 Å². The molecular formula is C30H34Cl3FN6S. The Labute approximate surface area is 262 Å². The molecule has 41 heavy (non-hydrogen) atoms. The van der Waals surface area contributed by atoms with Gasteiger partial charge in [0.15, 0.2) is 5.13 Å². The van der Waals surface area contributed by atoms with Gasteiger partial charge in [-0.3, -0.25) is 0 Å². The van der Waals surface area contributed by atoms with E-state index in [4.69, 9.17) is 9.97 Å². The molecule has 0 aliphatic carbocycles. The minimum Gasteiger partial charge on any atom is -0.353 e. The van der Waals surface area contributed by atoms with E-state index in [0.29, 0.717) is 12.6 Å². The lowest BCUT2D eigenvalue weighted by Crippen LogP contribution is -2.40. The summed E-state index contributed by atoms with van der Waals surface area (Å²) < 4.78 is 15.6. The van der Waals surface area contributed by atoms with E-state index in [2.05, 4.69) is 43.7 Å². The van der Waals surface area contributed by atoms with Crippen LogP contribution in [0.5, 0.6) is 0 Å². The minimum atomic E-state index is -0.214. The Balaban J connectivity index is 0.00000154. The molecule has 6 nitrogen and oxygen atoms in total. The molecule has 0 spiro atoms. The van der Waals surface area contributed by atoms with Gasteiger partial charge in [0.25, 0.3) is 0 Å². The van der Waals surface area contributed by atoms with Crippen LogP contribution >= 0.6 is 48.6 Å². The van der Waals surface area contributed by atoms with Gasteiger partial charge >= 0.3 is 0 Å². The number of hydrogen-bond acceptors (Lipinski definition) is 6. The van der Waals surface area contributed by atoms with Crippen molar-refractivity contribution in [3.63, 3.8) is 0 Å². The highest BCUT2D eigenvalue weighted by molar-refractivity contribution is 7.13. The van der Waals surface area contributed by atoms with Crippen molar-refractivity contribution < 1.29 is 4.39 Å². The Morgan fingerprint density at radius 3 is 2.32 bits per heavy atom. The Morgan fingerprint density at radius 1 is 0.854 bits per heavy atom. The number of thiazole rings is 1. The average Bonchev–Trinajstić information content (AvgIpc) is 3.54. The number of fused-ring (bicyclic) bond motifs is 1. The fourth-order valence-electron chi connectivity index (χ4n) is 5.00. The van der Waals surface area contributed by atoms with Gasteiger partial charge < -0.3 is 20.1 Å². The second-order valence-corrected chi connectivity index (χ2v) is 10.6. The maximum Gasteiger partial charge on any atom is 0.204 e. The van der Waals surface area contributed by atoms with Crippen LogP contribution in [0.2, 0.25) is 0 Å². The summed E-state index contributed by atoms with van der Waals surface area (Å²) in [5.41, 5.74) is 5.31. The SMILES string of the molecule is Cl.Cl.Cl.Fc1ccc(Cn2c(NC3CCN(CCc4csc(Nc5ccccc5)n4)CC3)nc3ccccc32)cc1. The molecule has 0 atom stereocenters. The summed E-state index contributed by atoms with van der Waals surface area (Å²) in [5, 5.41) is 10.2. The summed E-state index contributed by atoms with van der Waals surface area (Å²) in [6.45, 7) is 3.77. The van der Waals surface area contributed by atoms with E-state index in [1.54, 1.807) is 11.3 Å². The summed E-state index contributed by atoms with van der Waals surface area (Å²) in [6.07, 6.45) is 3.09. The lowest BCUT2D eigenvalue weighted by molar-refractivity contribution is 0.220. The summed E-state index contributed by atoms with van der Waals surface area (Å²) in [7, 11) is 0. The molecule has 0 saturated carbocycles. The molecule has 3 aromatic carbocycles. The van der Waals surface area contributed by atoms with Gasteiger partial charge in [0, 0.05) is 43.2 Å². The number of piperidine rings is 1. The van der Waals surface area contributed by atoms with Crippen molar-refractivity contribution in [2.24, 2.45) is 0 Å². The summed E-state index contributed by atoms with van der Waals surface area (Å²) >= 11 is 1.66. The number of anilines is 3. The molecule has 2 aromatic heterocycles. The van der Waals surface area contributed by atoms with E-state index in [1.807, 2.05) is 48.5 Å². The normalized spacial score (nSPS) is 13.6. The van der Waals surface area contributed by atoms with Crippen LogP contribution < -0.4 is 10.6 Å². The molecule has 1 aliphatic heterocycles. The van der Waals surface area contributed by atoms with Crippen LogP contribution in [-0.4, -0.2) is 45.1 Å². The Hall–Kier alpha value is -2.88. The first-order valence-corrected chi connectivity index (χ1v) is 14.0. The van der Waals surface area contributed by atoms with Crippen molar-refractivity contribution in [2.75, 3.05) is 30.3 Å². The van der Waals surface area contributed by atoms with Crippen molar-refractivity contribution >= 4 is 76.4 Å². The molecule has 1 fully saturated rings. The first kappa shape index (κ1) is 32.6. The van der Waals surface area contributed by atoms with Crippen molar-refractivity contribution in [2.45, 2.75) is 31.8 Å². The second-order valence-electron chi connectivity index (χ2n) is 9.78. The van der Waals surface area contributed by atoms with Crippen LogP contribution in [0.1, 0.15) is 24.1 Å². The zero-order valence-corrected chi connectivity index (χ0v) is 25.7. The predicted octanol–water partition coefficient (Wildman–Crippen LogP) is 7.81. The van der Waals surface area contributed by atoms with E-state index in [-0.39, 0.29) is 43.0 Å². The van der Waals surface area contributed by atoms with Gasteiger partial charge in [-0.05, 0) is 54.8 Å². The van der Waals surface area contributed by atoms with E-state index in [9.17, 15) is 4.39 Å². The average molecular weight is 636 g/mol. The van der Waals surface area contributed by atoms with E-state index >= 15 is 0 Å². The molecule has 2 N–H and O–H groups in total. The predicted molar refractivity (Wildman–Crippen MR) is 176 cm³/mol. The fourth-order valence-corrected chi connectivity index (χ4v) is 5.76. The summed E-state index contributed by atoms with van der Waals surface area (Å²) in [4.78, 5) is 12.2. The number of nitrogens with one attached hydrogen (secondary N) is 2. The molecule has 0 radical (unpaired) electrons. The number of aromatic nitrogens is 3. The third-order valence-electron chi connectivity index (χ3n) is 7.09. The molecule has 11 heteroatoms. The summed E-state index contributed by atoms with van der Waals surface area (Å²) in [5.74, 6) is 0.670. The maximum absolute atomic E-state index is 13.4. The van der Waals surface area contributed by atoms with E-state index in [0.717, 1.165) is 78.0 Å². The van der Waals surface area contributed by atoms with Crippen molar-refractivity contribution in [1.82, 2.24) is 19.4 Å². The van der Waals surface area contributed by atoms with Gasteiger partial charge in [-0.1, -0.05) is 42.5 Å². The van der Waals surface area contributed by atoms with Crippen LogP contribution in [0.25, 0.3) is 11.0 Å². The maximum atomic E-state index is 13.4. The Morgan fingerprint density at radius 2 is 1.56 bits per heavy atom. The molecule has 6 rings (SSSR count). The monoisotopic (exact) mass is 634 g/mol. The number of hydrogen-bond donors (Lipinski definition) is 2. The zero-order chi connectivity index (χ0) is 25.7. The van der Waals surface area contributed by atoms with Gasteiger partial charge in [-0.15, -0.1) is 48.6 Å². The fraction of sp³-hybridized carbons (Fsp3) is 0.267. The molecule has 3 heterocycles. The Kier molecular flexibility index (Phi) is 12.2. The molecule has 1 saturated heterocycles. The highest BCUT2D eigenvalue weighted by Gasteiger charge is 2.21. The lowest BCUT2D eigenvalue weighted by Gasteiger charge is -2.32. The van der Waals surface area contributed by atoms with Crippen molar-refractivity contribution in [3.8, 4) is 0 Å². The van der Waals surface area contributed by atoms with Gasteiger partial charge in [0.05, 0.1) is 23.3 Å². The van der Waals surface area contributed by atoms with E-state index in [1.165, 1.54) is 12.1 Å². The molecular weight excluding hydrogens is 602 g/mol. The van der Waals surface area contributed by atoms with Gasteiger partial charge in [0.2, 0.25) is 5.95 Å². The molecule has 0 amide bonds. The molecule has 1 aliphatic rings. The number of rotatable bonds is 9. The number of likely N-dealkylation sites (tertiary alicyclic amines) is 1. The standard InChI is InChI=1S/C30H31FN6S.3ClH/c31-23-12-10-22(11-13-23)20-37-28-9-5-4-8-27(28)35-29(37)32-25-14-17-36(18-15-25)19-16-26-21-38-30(34-26)33-24-6-2-1-3-7-24;;;/h1-13,21,25H,14-20H2,(H,32,35)(H,33,34);3*1H. The largest absolute Gasteiger partial charge is 0.353 e. The third-order valence-corrected chi connectivity index (χ3v) is 7.90. The lowest BCUT2D eigenvalue weighted by atomic mass is 10.0. The number of imidazole rings is 1. The zero-order valence-electron chi connectivity index (χ0n) is 22.4. The summed E-state index contributed by atoms with van der Waals surface area (Å²) in [6, 6.07) is 25.5. The molecule has 5 aromatic rings. The number of para-hydroxylation sites is 3. The van der Waals surface area contributed by atoms with Crippen LogP contribution in [0, 0.1) is 5.82 Å². The molecule has 218 valence electrons. The first-order valence-electron chi connectivity index (χ1n) is 13.1.